The summed E-state index contributed by atoms with van der Waals surface area (Å²) in [5.74, 6) is -0.154. The molecule has 2 nitrogen and oxygen atoms in total. The summed E-state index contributed by atoms with van der Waals surface area (Å²) in [6, 6.07) is 8.48. The highest BCUT2D eigenvalue weighted by Gasteiger charge is 2.11. The number of fused-ring (bicyclic) bond motifs is 5. The predicted molar refractivity (Wildman–Crippen MR) is 75.6 cm³/mol. The summed E-state index contributed by atoms with van der Waals surface area (Å²) < 4.78 is 5.18. The minimum Gasteiger partial charge on any atom is -0.461 e. The number of carbonyl (C=O) groups is 1. The van der Waals surface area contributed by atoms with Crippen molar-refractivity contribution in [3.8, 4) is 0 Å². The van der Waals surface area contributed by atoms with Crippen LogP contribution in [0.3, 0.4) is 0 Å². The van der Waals surface area contributed by atoms with Gasteiger partial charge in [-0.3, -0.25) is 4.79 Å². The molecule has 0 saturated carbocycles. The highest BCUT2D eigenvalue weighted by Crippen LogP contribution is 2.15. The lowest BCUT2D eigenvalue weighted by molar-refractivity contribution is -0.143. The molecule has 0 radical (unpaired) electrons. The quantitative estimate of drug-likeness (QED) is 0.665. The van der Waals surface area contributed by atoms with Gasteiger partial charge in [0, 0.05) is 0 Å². The second kappa shape index (κ2) is 3.82. The topological polar surface area (TPSA) is 26.3 Å². The van der Waals surface area contributed by atoms with Crippen LogP contribution in [0.25, 0.3) is 29.0 Å². The van der Waals surface area contributed by atoms with Gasteiger partial charge in [0.2, 0.25) is 0 Å². The van der Waals surface area contributed by atoms with Gasteiger partial charge < -0.3 is 4.74 Å². The first-order valence-electron chi connectivity index (χ1n) is 6.42. The smallest absolute Gasteiger partial charge is 0.309 e. The first kappa shape index (κ1) is 10.6. The molecule has 92 valence electrons. The Kier molecular flexibility index (Phi) is 2.12. The molecule has 0 aromatic heterocycles. The van der Waals surface area contributed by atoms with Crippen LogP contribution in [0.2, 0.25) is 0 Å². The van der Waals surface area contributed by atoms with Gasteiger partial charge in [0.05, 0.1) is 6.42 Å². The lowest BCUT2D eigenvalue weighted by Crippen LogP contribution is -2.14. The number of cyclic esters (lactones) is 1. The molecule has 0 atom stereocenters. The van der Waals surface area contributed by atoms with Gasteiger partial charge in [-0.25, -0.2) is 0 Å². The average Bonchev–Trinajstić information content (AvgIpc) is 2.83. The van der Waals surface area contributed by atoms with Crippen LogP contribution in [0.1, 0.15) is 17.5 Å². The van der Waals surface area contributed by atoms with E-state index in [1.165, 1.54) is 21.6 Å². The minimum atomic E-state index is -0.154. The highest BCUT2D eigenvalue weighted by molar-refractivity contribution is 5.91. The highest BCUT2D eigenvalue weighted by atomic mass is 16.5. The maximum atomic E-state index is 11.4. The van der Waals surface area contributed by atoms with Crippen molar-refractivity contribution in [2.75, 3.05) is 0 Å². The molecule has 0 amide bonds. The van der Waals surface area contributed by atoms with E-state index in [9.17, 15) is 4.79 Å². The number of carbonyl (C=O) groups excluding carboxylic acids is 1. The Bertz CT molecular complexity index is 857. The van der Waals surface area contributed by atoms with E-state index in [4.69, 9.17) is 4.74 Å². The Balaban J connectivity index is 2.13. The van der Waals surface area contributed by atoms with E-state index in [1.807, 2.05) is 6.08 Å². The van der Waals surface area contributed by atoms with Crippen LogP contribution in [0, 0.1) is 0 Å². The zero-order chi connectivity index (χ0) is 12.8. The Morgan fingerprint density at radius 3 is 2.79 bits per heavy atom. The summed E-state index contributed by atoms with van der Waals surface area (Å²) >= 11 is 0. The monoisotopic (exact) mass is 248 g/mol. The normalized spacial score (nSPS) is 16.1. The molecule has 1 aliphatic carbocycles. The van der Waals surface area contributed by atoms with Gasteiger partial charge in [-0.05, 0) is 32.3 Å². The van der Waals surface area contributed by atoms with Gasteiger partial charge >= 0.3 is 5.97 Å². The fourth-order valence-corrected chi connectivity index (χ4v) is 2.86. The third-order valence-electron chi connectivity index (χ3n) is 3.81. The summed E-state index contributed by atoms with van der Waals surface area (Å²) in [5, 5.41) is 4.86. The van der Waals surface area contributed by atoms with Crippen molar-refractivity contribution < 1.29 is 9.53 Å². The zero-order valence-corrected chi connectivity index (χ0v) is 10.3. The third kappa shape index (κ3) is 1.53. The summed E-state index contributed by atoms with van der Waals surface area (Å²) in [5.41, 5.74) is 2.35. The van der Waals surface area contributed by atoms with Crippen molar-refractivity contribution in [2.45, 2.75) is 13.0 Å². The molecule has 0 spiro atoms. The van der Waals surface area contributed by atoms with E-state index in [1.54, 1.807) is 0 Å². The SMILES string of the molecule is O=C1CC=c2c(ccc3c4c(ccc23)C=CC=4)CO1. The molecule has 1 heterocycles. The summed E-state index contributed by atoms with van der Waals surface area (Å²) in [7, 11) is 0. The first-order valence-corrected chi connectivity index (χ1v) is 6.42. The van der Waals surface area contributed by atoms with E-state index in [0.717, 1.165) is 10.8 Å². The maximum absolute atomic E-state index is 11.4. The van der Waals surface area contributed by atoms with Crippen molar-refractivity contribution in [3.63, 3.8) is 0 Å². The van der Waals surface area contributed by atoms with Crippen LogP contribution in [0.5, 0.6) is 0 Å². The van der Waals surface area contributed by atoms with Crippen LogP contribution in [-0.2, 0) is 16.1 Å². The standard InChI is InChI=1S/C17H12O2/c18-17-9-8-14-12(10-19-17)5-7-15-13-3-1-2-11(13)4-6-16(14)15/h1-8H,9-10H2. The van der Waals surface area contributed by atoms with Crippen molar-refractivity contribution in [1.82, 2.24) is 0 Å². The molecule has 0 fully saturated rings. The number of esters is 1. The summed E-state index contributed by atoms with van der Waals surface area (Å²) in [4.78, 5) is 11.4. The molecule has 0 N–H and O–H groups in total. The van der Waals surface area contributed by atoms with Gasteiger partial charge in [-0.2, -0.15) is 0 Å². The lowest BCUT2D eigenvalue weighted by Gasteiger charge is -2.06. The molecular formula is C17H12O2. The van der Waals surface area contributed by atoms with E-state index in [0.29, 0.717) is 13.0 Å². The number of benzene rings is 2. The fourth-order valence-electron chi connectivity index (χ4n) is 2.86. The molecule has 4 rings (SSSR count). The molecule has 2 heteroatoms. The zero-order valence-electron chi connectivity index (χ0n) is 10.3. The number of ether oxygens (including phenoxy) is 1. The molecule has 2 aromatic carbocycles. The largest absolute Gasteiger partial charge is 0.461 e. The molecule has 2 aliphatic rings. The molecular weight excluding hydrogens is 236 g/mol. The Labute approximate surface area is 110 Å². The second-order valence-electron chi connectivity index (χ2n) is 4.90. The predicted octanol–water partition coefficient (Wildman–Crippen LogP) is 1.87. The van der Waals surface area contributed by atoms with E-state index in [-0.39, 0.29) is 5.97 Å². The second-order valence-corrected chi connectivity index (χ2v) is 4.90. The Hall–Kier alpha value is -2.35. The van der Waals surface area contributed by atoms with Crippen LogP contribution < -0.4 is 10.4 Å². The van der Waals surface area contributed by atoms with Crippen LogP contribution in [0.15, 0.2) is 30.3 Å². The van der Waals surface area contributed by atoms with E-state index < -0.39 is 0 Å². The summed E-state index contributed by atoms with van der Waals surface area (Å²) in [6.07, 6.45) is 8.68. The van der Waals surface area contributed by atoms with Crippen molar-refractivity contribution in [1.29, 1.82) is 0 Å². The molecule has 0 unspecified atom stereocenters. The lowest BCUT2D eigenvalue weighted by atomic mass is 9.99. The molecule has 0 saturated heterocycles. The van der Waals surface area contributed by atoms with Gasteiger partial charge in [0.25, 0.3) is 0 Å². The minimum absolute atomic E-state index is 0.154. The maximum Gasteiger partial charge on any atom is 0.309 e. The van der Waals surface area contributed by atoms with Gasteiger partial charge in [0.1, 0.15) is 6.61 Å². The number of hydrogen-bond acceptors (Lipinski definition) is 2. The van der Waals surface area contributed by atoms with Gasteiger partial charge in [0.15, 0.2) is 0 Å². The number of allylic oxidation sites excluding steroid dienone is 1. The van der Waals surface area contributed by atoms with E-state index >= 15 is 0 Å². The number of rotatable bonds is 0. The van der Waals surface area contributed by atoms with Gasteiger partial charge in [-0.15, -0.1) is 0 Å². The van der Waals surface area contributed by atoms with Crippen LogP contribution in [-0.4, -0.2) is 5.97 Å². The van der Waals surface area contributed by atoms with Gasteiger partial charge in [-0.1, -0.05) is 48.6 Å². The molecule has 1 aliphatic heterocycles. The summed E-state index contributed by atoms with van der Waals surface area (Å²) in [6.45, 7) is 0.375. The number of hydrogen-bond donors (Lipinski definition) is 0. The van der Waals surface area contributed by atoms with Crippen LogP contribution >= 0.6 is 0 Å². The first-order chi connectivity index (χ1) is 9.33. The molecule has 2 aromatic rings. The van der Waals surface area contributed by atoms with Crippen LogP contribution in [0.4, 0.5) is 0 Å². The van der Waals surface area contributed by atoms with Crippen molar-refractivity contribution in [2.24, 2.45) is 0 Å². The van der Waals surface area contributed by atoms with Crippen molar-refractivity contribution >= 4 is 35.0 Å². The third-order valence-corrected chi connectivity index (χ3v) is 3.81. The van der Waals surface area contributed by atoms with Crippen molar-refractivity contribution in [3.05, 3.63) is 51.9 Å². The fraction of sp³-hybridized carbons (Fsp3) is 0.118. The average molecular weight is 248 g/mol. The molecule has 19 heavy (non-hydrogen) atoms. The van der Waals surface area contributed by atoms with E-state index in [2.05, 4.69) is 42.5 Å². The Morgan fingerprint density at radius 1 is 1.00 bits per heavy atom. The molecule has 0 bridgehead atoms. The Morgan fingerprint density at radius 2 is 1.84 bits per heavy atom.